The summed E-state index contributed by atoms with van der Waals surface area (Å²) in [5.41, 5.74) is 0.756. The molecule has 1 saturated heterocycles. The first kappa shape index (κ1) is 18.4. The van der Waals surface area contributed by atoms with E-state index >= 15 is 0 Å². The Balaban J connectivity index is 1.59. The first-order valence-corrected chi connectivity index (χ1v) is 9.37. The van der Waals surface area contributed by atoms with Crippen LogP contribution in [0.15, 0.2) is 42.5 Å². The fraction of sp³-hybridized carbons (Fsp3) is 0.429. The average molecular weight is 353 g/mol. The number of rotatable bonds is 5. The molecule has 0 bridgehead atoms. The largest absolute Gasteiger partial charge is 0.353 e. The number of hydrogen-bond acceptors (Lipinski definition) is 3. The van der Waals surface area contributed by atoms with Gasteiger partial charge in [-0.1, -0.05) is 43.3 Å². The van der Waals surface area contributed by atoms with Crippen molar-refractivity contribution in [1.82, 2.24) is 15.1 Å². The lowest BCUT2D eigenvalue weighted by Crippen LogP contribution is -2.51. The highest BCUT2D eigenvalue weighted by molar-refractivity contribution is 6.07. The van der Waals surface area contributed by atoms with Crippen molar-refractivity contribution in [3.05, 3.63) is 48.0 Å². The Bertz CT molecular complexity index is 776. The molecule has 5 heteroatoms. The van der Waals surface area contributed by atoms with E-state index in [2.05, 4.69) is 17.1 Å². The van der Waals surface area contributed by atoms with Crippen molar-refractivity contribution in [1.29, 1.82) is 0 Å². The molecule has 1 atom stereocenters. The quantitative estimate of drug-likeness (QED) is 0.899. The van der Waals surface area contributed by atoms with Gasteiger partial charge in [-0.15, -0.1) is 0 Å². The highest BCUT2D eigenvalue weighted by Crippen LogP contribution is 2.20. The number of nitrogens with one attached hydrogen (secondary N) is 1. The van der Waals surface area contributed by atoms with Gasteiger partial charge in [0.05, 0.1) is 6.54 Å². The Morgan fingerprint density at radius 2 is 1.73 bits per heavy atom. The molecule has 1 aliphatic rings. The van der Waals surface area contributed by atoms with Gasteiger partial charge in [-0.25, -0.2) is 0 Å². The van der Waals surface area contributed by atoms with E-state index in [1.807, 2.05) is 54.3 Å². The van der Waals surface area contributed by atoms with Gasteiger partial charge in [0.2, 0.25) is 5.91 Å². The second-order valence-electron chi connectivity index (χ2n) is 6.97. The van der Waals surface area contributed by atoms with E-state index in [4.69, 9.17) is 0 Å². The number of nitrogens with zero attached hydrogens (tertiary/aromatic N) is 2. The van der Waals surface area contributed by atoms with Gasteiger partial charge in [0.1, 0.15) is 0 Å². The maximum atomic E-state index is 13.0. The minimum atomic E-state index is 0.0631. The Labute approximate surface area is 155 Å². The number of carbonyl (C=O) groups is 2. The minimum absolute atomic E-state index is 0.0631. The molecule has 138 valence electrons. The fourth-order valence-electron chi connectivity index (χ4n) is 3.32. The lowest BCUT2D eigenvalue weighted by atomic mass is 10.0. The molecule has 2 aromatic rings. The summed E-state index contributed by atoms with van der Waals surface area (Å²) < 4.78 is 0. The number of amides is 2. The van der Waals surface area contributed by atoms with Crippen LogP contribution in [0.5, 0.6) is 0 Å². The summed E-state index contributed by atoms with van der Waals surface area (Å²) in [7, 11) is 0. The summed E-state index contributed by atoms with van der Waals surface area (Å²) in [6.45, 7) is 7.23. The number of benzene rings is 2. The van der Waals surface area contributed by atoms with Crippen LogP contribution in [0.3, 0.4) is 0 Å². The van der Waals surface area contributed by atoms with E-state index in [0.717, 1.165) is 35.8 Å². The van der Waals surface area contributed by atoms with E-state index in [1.165, 1.54) is 0 Å². The van der Waals surface area contributed by atoms with Gasteiger partial charge in [-0.3, -0.25) is 14.5 Å². The minimum Gasteiger partial charge on any atom is -0.353 e. The van der Waals surface area contributed by atoms with Gasteiger partial charge in [0, 0.05) is 37.8 Å². The van der Waals surface area contributed by atoms with Crippen LogP contribution in [-0.4, -0.2) is 60.4 Å². The van der Waals surface area contributed by atoms with Gasteiger partial charge >= 0.3 is 0 Å². The second-order valence-corrected chi connectivity index (χ2v) is 6.97. The van der Waals surface area contributed by atoms with Crippen molar-refractivity contribution in [3.63, 3.8) is 0 Å². The summed E-state index contributed by atoms with van der Waals surface area (Å²) in [6, 6.07) is 14.0. The molecule has 1 unspecified atom stereocenters. The summed E-state index contributed by atoms with van der Waals surface area (Å²) in [4.78, 5) is 29.0. The Kier molecular flexibility index (Phi) is 5.89. The van der Waals surface area contributed by atoms with Crippen molar-refractivity contribution in [2.24, 2.45) is 0 Å². The Hall–Kier alpha value is -2.40. The first-order chi connectivity index (χ1) is 12.6. The number of hydrogen-bond donors (Lipinski definition) is 1. The molecular formula is C21H27N3O2. The van der Waals surface area contributed by atoms with Crippen molar-refractivity contribution < 1.29 is 9.59 Å². The summed E-state index contributed by atoms with van der Waals surface area (Å²) >= 11 is 0. The number of carbonyl (C=O) groups excluding carboxylic acids is 2. The average Bonchev–Trinajstić information content (AvgIpc) is 2.67. The van der Waals surface area contributed by atoms with Crippen molar-refractivity contribution in [2.75, 3.05) is 32.7 Å². The van der Waals surface area contributed by atoms with Gasteiger partial charge in [0.25, 0.3) is 5.91 Å². The molecule has 2 amide bonds. The SMILES string of the molecule is CCC(C)NC(=O)CN1CCN(C(=O)c2cccc3ccccc23)CC1. The van der Waals surface area contributed by atoms with Crippen LogP contribution in [0.4, 0.5) is 0 Å². The van der Waals surface area contributed by atoms with Crippen LogP contribution in [0.25, 0.3) is 10.8 Å². The van der Waals surface area contributed by atoms with Gasteiger partial charge in [-0.05, 0) is 30.2 Å². The monoisotopic (exact) mass is 353 g/mol. The lowest BCUT2D eigenvalue weighted by molar-refractivity contribution is -0.123. The standard InChI is InChI=1S/C21H27N3O2/c1-3-16(2)22-20(25)15-23-11-13-24(14-12-23)21(26)19-10-6-8-17-7-4-5-9-18(17)19/h4-10,16H,3,11-15H2,1-2H3,(H,22,25). The number of piperazine rings is 1. The van der Waals surface area contributed by atoms with Gasteiger partial charge in [0.15, 0.2) is 0 Å². The Morgan fingerprint density at radius 3 is 2.46 bits per heavy atom. The molecule has 5 nitrogen and oxygen atoms in total. The summed E-state index contributed by atoms with van der Waals surface area (Å²) in [5, 5.41) is 5.07. The molecule has 1 aliphatic heterocycles. The number of fused-ring (bicyclic) bond motifs is 1. The van der Waals surface area contributed by atoms with Gasteiger partial charge in [-0.2, -0.15) is 0 Å². The van der Waals surface area contributed by atoms with E-state index in [-0.39, 0.29) is 17.9 Å². The third-order valence-electron chi connectivity index (χ3n) is 5.07. The zero-order valence-corrected chi connectivity index (χ0v) is 15.6. The maximum absolute atomic E-state index is 13.0. The molecule has 1 fully saturated rings. The molecule has 1 heterocycles. The summed E-state index contributed by atoms with van der Waals surface area (Å²) in [6.07, 6.45) is 0.930. The predicted molar refractivity (Wildman–Crippen MR) is 104 cm³/mol. The fourth-order valence-corrected chi connectivity index (χ4v) is 3.32. The van der Waals surface area contributed by atoms with Crippen molar-refractivity contribution in [3.8, 4) is 0 Å². The van der Waals surface area contributed by atoms with E-state index in [0.29, 0.717) is 19.6 Å². The first-order valence-electron chi connectivity index (χ1n) is 9.37. The van der Waals surface area contributed by atoms with Gasteiger partial charge < -0.3 is 10.2 Å². The van der Waals surface area contributed by atoms with Crippen LogP contribution in [0.2, 0.25) is 0 Å². The van der Waals surface area contributed by atoms with E-state index < -0.39 is 0 Å². The second kappa shape index (κ2) is 8.32. The zero-order valence-electron chi connectivity index (χ0n) is 15.6. The molecule has 0 radical (unpaired) electrons. The molecule has 2 aromatic carbocycles. The predicted octanol–water partition coefficient (Wildman–Crippen LogP) is 2.51. The molecule has 1 N–H and O–H groups in total. The summed E-state index contributed by atoms with van der Waals surface area (Å²) in [5.74, 6) is 0.138. The molecule has 0 saturated carbocycles. The maximum Gasteiger partial charge on any atom is 0.254 e. The molecule has 26 heavy (non-hydrogen) atoms. The van der Waals surface area contributed by atoms with Crippen LogP contribution in [0.1, 0.15) is 30.6 Å². The smallest absolute Gasteiger partial charge is 0.254 e. The van der Waals surface area contributed by atoms with Crippen LogP contribution in [-0.2, 0) is 4.79 Å². The molecule has 3 rings (SSSR count). The third-order valence-corrected chi connectivity index (χ3v) is 5.07. The highest BCUT2D eigenvalue weighted by atomic mass is 16.2. The molecule has 0 spiro atoms. The molecule has 0 aliphatic carbocycles. The lowest BCUT2D eigenvalue weighted by Gasteiger charge is -2.34. The van der Waals surface area contributed by atoms with Crippen LogP contribution < -0.4 is 5.32 Å². The topological polar surface area (TPSA) is 52.7 Å². The highest BCUT2D eigenvalue weighted by Gasteiger charge is 2.24. The van der Waals surface area contributed by atoms with Crippen molar-refractivity contribution in [2.45, 2.75) is 26.3 Å². The van der Waals surface area contributed by atoms with Crippen molar-refractivity contribution >= 4 is 22.6 Å². The van der Waals surface area contributed by atoms with E-state index in [9.17, 15) is 9.59 Å². The molecule has 0 aromatic heterocycles. The van der Waals surface area contributed by atoms with E-state index in [1.54, 1.807) is 0 Å². The molecular weight excluding hydrogens is 326 g/mol. The normalized spacial score (nSPS) is 16.5. The zero-order chi connectivity index (χ0) is 18.5. The van der Waals surface area contributed by atoms with Crippen LogP contribution >= 0.6 is 0 Å². The Morgan fingerprint density at radius 1 is 1.04 bits per heavy atom. The third kappa shape index (κ3) is 4.22. The van der Waals surface area contributed by atoms with Crippen LogP contribution in [0, 0.1) is 0 Å².